The summed E-state index contributed by atoms with van der Waals surface area (Å²) < 4.78 is 11.0. The molecule has 0 radical (unpaired) electrons. The van der Waals surface area contributed by atoms with E-state index in [9.17, 15) is 19.5 Å². The highest BCUT2D eigenvalue weighted by molar-refractivity contribution is 6.09. The smallest absolute Gasteiger partial charge is 0.309 e. The summed E-state index contributed by atoms with van der Waals surface area (Å²) in [5.74, 6) is -2.06. The highest BCUT2D eigenvalue weighted by Crippen LogP contribution is 2.48. The van der Waals surface area contributed by atoms with E-state index < -0.39 is 24.1 Å². The Morgan fingerprint density at radius 3 is 2.74 bits per heavy atom. The van der Waals surface area contributed by atoms with Crippen molar-refractivity contribution in [3.63, 3.8) is 0 Å². The Kier molecular flexibility index (Phi) is 3.88. The molecule has 1 saturated heterocycles. The molecule has 1 N–H and O–H groups in total. The average Bonchev–Trinajstić information content (AvgIpc) is 2.86. The van der Waals surface area contributed by atoms with Crippen LogP contribution < -0.4 is 0 Å². The predicted molar refractivity (Wildman–Crippen MR) is 79.1 cm³/mol. The maximum absolute atomic E-state index is 12.3. The minimum absolute atomic E-state index is 0.158. The first-order valence-corrected chi connectivity index (χ1v) is 7.78. The van der Waals surface area contributed by atoms with Crippen molar-refractivity contribution < 1.29 is 29.0 Å². The van der Waals surface area contributed by atoms with Gasteiger partial charge in [0.15, 0.2) is 5.78 Å². The van der Waals surface area contributed by atoms with E-state index in [0.29, 0.717) is 11.1 Å². The Morgan fingerprint density at radius 2 is 2.13 bits per heavy atom. The number of ether oxygens (including phenoxy) is 2. The van der Waals surface area contributed by atoms with Gasteiger partial charge in [0, 0.05) is 30.8 Å². The van der Waals surface area contributed by atoms with Crippen LogP contribution in [0.4, 0.5) is 0 Å². The molecular formula is C17H20O6. The van der Waals surface area contributed by atoms with E-state index in [1.807, 2.05) is 6.92 Å². The van der Waals surface area contributed by atoms with Gasteiger partial charge in [0.25, 0.3) is 0 Å². The van der Waals surface area contributed by atoms with Gasteiger partial charge in [0.05, 0.1) is 12.5 Å². The van der Waals surface area contributed by atoms with Gasteiger partial charge in [0.1, 0.15) is 12.2 Å². The summed E-state index contributed by atoms with van der Waals surface area (Å²) in [6.07, 6.45) is 0.662. The topological polar surface area (TPSA) is 89.9 Å². The normalized spacial score (nSPS) is 36.2. The largest absolute Gasteiger partial charge is 0.462 e. The molecule has 1 aliphatic heterocycles. The number of esters is 2. The lowest BCUT2D eigenvalue weighted by molar-refractivity contribution is -0.150. The molecule has 3 rings (SSSR count). The van der Waals surface area contributed by atoms with Crippen LogP contribution in [0.3, 0.4) is 0 Å². The van der Waals surface area contributed by atoms with Gasteiger partial charge in [-0.05, 0) is 18.6 Å². The summed E-state index contributed by atoms with van der Waals surface area (Å²) in [5.41, 5.74) is 1.88. The lowest BCUT2D eigenvalue weighted by Gasteiger charge is -2.29. The number of ketones is 1. The van der Waals surface area contributed by atoms with Crippen LogP contribution >= 0.6 is 0 Å². The van der Waals surface area contributed by atoms with Gasteiger partial charge in [-0.3, -0.25) is 14.4 Å². The van der Waals surface area contributed by atoms with Crippen molar-refractivity contribution in [3.8, 4) is 0 Å². The molecule has 124 valence electrons. The van der Waals surface area contributed by atoms with Gasteiger partial charge in [-0.1, -0.05) is 12.5 Å². The van der Waals surface area contributed by atoms with Crippen molar-refractivity contribution in [2.45, 2.75) is 39.4 Å². The van der Waals surface area contributed by atoms with Crippen molar-refractivity contribution in [3.05, 3.63) is 22.8 Å². The van der Waals surface area contributed by atoms with Crippen LogP contribution in [-0.2, 0) is 23.9 Å². The first-order valence-electron chi connectivity index (χ1n) is 7.78. The number of aliphatic hydroxyl groups is 1. The molecule has 0 unspecified atom stereocenters. The van der Waals surface area contributed by atoms with Gasteiger partial charge < -0.3 is 14.6 Å². The number of fused-ring (bicyclic) bond motifs is 3. The molecule has 0 saturated carbocycles. The second-order valence-corrected chi connectivity index (χ2v) is 6.53. The van der Waals surface area contributed by atoms with E-state index in [1.54, 1.807) is 6.92 Å². The summed E-state index contributed by atoms with van der Waals surface area (Å²) in [6.45, 7) is 4.61. The summed E-state index contributed by atoms with van der Waals surface area (Å²) in [6, 6.07) is 0. The van der Waals surface area contributed by atoms with E-state index in [0.717, 1.165) is 5.57 Å². The van der Waals surface area contributed by atoms with Crippen LogP contribution in [0, 0.1) is 17.8 Å². The van der Waals surface area contributed by atoms with Gasteiger partial charge in [0.2, 0.25) is 0 Å². The molecule has 0 amide bonds. The van der Waals surface area contributed by atoms with Crippen molar-refractivity contribution in [1.29, 1.82) is 0 Å². The van der Waals surface area contributed by atoms with Crippen molar-refractivity contribution in [2.24, 2.45) is 17.8 Å². The molecule has 2 aliphatic carbocycles. The molecule has 0 spiro atoms. The van der Waals surface area contributed by atoms with E-state index in [1.165, 1.54) is 13.0 Å². The number of aliphatic hydroxyl groups excluding tert-OH is 1. The first kappa shape index (κ1) is 15.9. The first-order chi connectivity index (χ1) is 10.8. The Hall–Kier alpha value is -1.95. The summed E-state index contributed by atoms with van der Waals surface area (Å²) in [7, 11) is 0. The monoisotopic (exact) mass is 320 g/mol. The molecule has 0 bridgehead atoms. The van der Waals surface area contributed by atoms with E-state index in [4.69, 9.17) is 9.47 Å². The minimum Gasteiger partial charge on any atom is -0.462 e. The van der Waals surface area contributed by atoms with Crippen LogP contribution in [0.2, 0.25) is 0 Å². The zero-order chi connectivity index (χ0) is 16.9. The third-order valence-corrected chi connectivity index (χ3v) is 5.10. The second kappa shape index (κ2) is 5.60. The summed E-state index contributed by atoms with van der Waals surface area (Å²) in [5, 5.41) is 9.72. The highest BCUT2D eigenvalue weighted by atomic mass is 16.6. The van der Waals surface area contributed by atoms with Crippen molar-refractivity contribution in [2.75, 3.05) is 6.61 Å². The van der Waals surface area contributed by atoms with Crippen LogP contribution in [0.25, 0.3) is 0 Å². The number of allylic oxidation sites excluding steroid dienone is 1. The Bertz CT molecular complexity index is 643. The quantitative estimate of drug-likeness (QED) is 0.761. The predicted octanol–water partition coefficient (Wildman–Crippen LogP) is 0.934. The molecule has 6 heteroatoms. The van der Waals surface area contributed by atoms with Crippen molar-refractivity contribution >= 4 is 17.7 Å². The highest BCUT2D eigenvalue weighted by Gasteiger charge is 2.55. The van der Waals surface area contributed by atoms with Crippen LogP contribution in [-0.4, -0.2) is 41.6 Å². The fraction of sp³-hybridized carbons (Fsp3) is 0.588. The molecule has 5 atom stereocenters. The Morgan fingerprint density at radius 1 is 1.43 bits per heavy atom. The summed E-state index contributed by atoms with van der Waals surface area (Å²) in [4.78, 5) is 35.9. The number of hydrogen-bond donors (Lipinski definition) is 1. The molecule has 0 aromatic heterocycles. The number of carbonyl (C=O) groups excluding carboxylic acids is 3. The van der Waals surface area contributed by atoms with Crippen LogP contribution in [0.1, 0.15) is 27.2 Å². The van der Waals surface area contributed by atoms with Gasteiger partial charge in [-0.2, -0.15) is 0 Å². The molecule has 3 aliphatic rings. The standard InChI is InChI=1S/C17H20O6/c1-7-4-11(20)15-10(6-18)5-12(22-9(3)19)14-8(2)17(21)23-16(14)13(7)15/h4,8,12-14,16,18H,5-6H2,1-3H3/t8-,12-,13-,14+,16+/m0/s1. The molecule has 6 nitrogen and oxygen atoms in total. The van der Waals surface area contributed by atoms with Crippen LogP contribution in [0.15, 0.2) is 22.8 Å². The fourth-order valence-corrected chi connectivity index (χ4v) is 4.13. The number of carbonyl (C=O) groups is 3. The Labute approximate surface area is 134 Å². The minimum atomic E-state index is -0.584. The summed E-state index contributed by atoms with van der Waals surface area (Å²) >= 11 is 0. The third kappa shape index (κ3) is 2.41. The lowest BCUT2D eigenvalue weighted by Crippen LogP contribution is -2.37. The SMILES string of the molecule is CC(=O)O[C@H]1CC(CO)=C2C(=O)C=C(C)[C@@H]2[C@H]2OC(=O)[C@@H](C)[C@@H]21. The van der Waals surface area contributed by atoms with E-state index in [-0.39, 0.29) is 36.6 Å². The van der Waals surface area contributed by atoms with Gasteiger partial charge >= 0.3 is 11.9 Å². The molecule has 0 aromatic carbocycles. The zero-order valence-electron chi connectivity index (χ0n) is 13.4. The molecule has 1 heterocycles. The second-order valence-electron chi connectivity index (χ2n) is 6.53. The zero-order valence-corrected chi connectivity index (χ0v) is 13.4. The van der Waals surface area contributed by atoms with Crippen LogP contribution in [0.5, 0.6) is 0 Å². The molecular weight excluding hydrogens is 300 g/mol. The average molecular weight is 320 g/mol. The number of hydrogen-bond acceptors (Lipinski definition) is 6. The van der Waals surface area contributed by atoms with Gasteiger partial charge in [-0.15, -0.1) is 0 Å². The van der Waals surface area contributed by atoms with E-state index in [2.05, 4.69) is 0 Å². The van der Waals surface area contributed by atoms with Gasteiger partial charge in [-0.25, -0.2) is 0 Å². The third-order valence-electron chi connectivity index (χ3n) is 5.10. The van der Waals surface area contributed by atoms with E-state index >= 15 is 0 Å². The molecule has 1 fully saturated rings. The number of rotatable bonds is 2. The fourth-order valence-electron chi connectivity index (χ4n) is 4.13. The lowest BCUT2D eigenvalue weighted by atomic mass is 9.79. The molecule has 23 heavy (non-hydrogen) atoms. The maximum atomic E-state index is 12.3. The Balaban J connectivity index is 2.11. The molecule has 0 aromatic rings. The van der Waals surface area contributed by atoms with Crippen molar-refractivity contribution in [1.82, 2.24) is 0 Å². The maximum Gasteiger partial charge on any atom is 0.309 e.